The summed E-state index contributed by atoms with van der Waals surface area (Å²) in [5.74, 6) is -1.32. The quantitative estimate of drug-likeness (QED) is 0.709. The number of carbonyl (C=O) groups is 2. The molecule has 0 saturated heterocycles. The topological polar surface area (TPSA) is 97.6 Å². The molecule has 0 spiro atoms. The van der Waals surface area contributed by atoms with Crippen molar-refractivity contribution in [2.45, 2.75) is 13.0 Å². The largest absolute Gasteiger partial charge is 0.481 e. The highest BCUT2D eigenvalue weighted by molar-refractivity contribution is 5.77. The Morgan fingerprint density at radius 1 is 1.50 bits per heavy atom. The Kier molecular flexibility index (Phi) is 4.91. The van der Waals surface area contributed by atoms with Gasteiger partial charge in [-0.3, -0.25) is 14.4 Å². The summed E-state index contributed by atoms with van der Waals surface area (Å²) in [7, 11) is 1.46. The van der Waals surface area contributed by atoms with Crippen molar-refractivity contribution in [1.29, 1.82) is 0 Å². The molecule has 0 bridgehead atoms. The van der Waals surface area contributed by atoms with Crippen LogP contribution in [0, 0.1) is 0 Å². The van der Waals surface area contributed by atoms with E-state index in [1.807, 2.05) is 0 Å². The van der Waals surface area contributed by atoms with E-state index in [1.165, 1.54) is 23.9 Å². The normalized spacial score (nSPS) is 9.83. The van der Waals surface area contributed by atoms with E-state index < -0.39 is 11.5 Å². The molecule has 0 aliphatic heterocycles. The zero-order valence-corrected chi connectivity index (χ0v) is 9.88. The van der Waals surface area contributed by atoms with Gasteiger partial charge < -0.3 is 19.7 Å². The molecule has 1 aromatic rings. The summed E-state index contributed by atoms with van der Waals surface area (Å²) in [6.45, 7) is -0.194. The van der Waals surface area contributed by atoms with Crippen molar-refractivity contribution >= 4 is 11.9 Å². The number of pyridine rings is 1. The first-order valence-corrected chi connectivity index (χ1v) is 5.29. The Bertz CT molecular complexity index is 494. The molecule has 18 heavy (non-hydrogen) atoms. The molecule has 1 aromatic heterocycles. The molecule has 0 unspecified atom stereocenters. The maximum Gasteiger partial charge on any atom is 0.305 e. The van der Waals surface area contributed by atoms with Gasteiger partial charge in [-0.1, -0.05) is 0 Å². The number of aromatic nitrogens is 1. The van der Waals surface area contributed by atoms with E-state index in [0.717, 1.165) is 0 Å². The van der Waals surface area contributed by atoms with Gasteiger partial charge >= 0.3 is 5.97 Å². The highest BCUT2D eigenvalue weighted by atomic mass is 16.5. The number of rotatable bonds is 6. The molecule has 0 radical (unpaired) electrons. The SMILES string of the molecule is CNC(=O)COc1cccn(CCC(=O)O)c1=O. The molecular formula is C11H14N2O5. The van der Waals surface area contributed by atoms with Crippen LogP contribution in [0.3, 0.4) is 0 Å². The fraction of sp³-hybridized carbons (Fsp3) is 0.364. The summed E-state index contributed by atoms with van der Waals surface area (Å²) in [4.78, 5) is 33.2. The molecular weight excluding hydrogens is 240 g/mol. The summed E-state index contributed by atoms with van der Waals surface area (Å²) in [6, 6.07) is 2.99. The Labute approximate surface area is 103 Å². The van der Waals surface area contributed by atoms with Crippen LogP contribution in [0.15, 0.2) is 23.1 Å². The lowest BCUT2D eigenvalue weighted by Gasteiger charge is -2.07. The molecule has 98 valence electrons. The number of aryl methyl sites for hydroxylation is 1. The summed E-state index contributed by atoms with van der Waals surface area (Å²) >= 11 is 0. The molecule has 0 fully saturated rings. The average molecular weight is 254 g/mol. The lowest BCUT2D eigenvalue weighted by Crippen LogP contribution is -2.28. The zero-order valence-electron chi connectivity index (χ0n) is 9.88. The average Bonchev–Trinajstić information content (AvgIpc) is 2.35. The van der Waals surface area contributed by atoms with Gasteiger partial charge in [0, 0.05) is 19.8 Å². The highest BCUT2D eigenvalue weighted by Crippen LogP contribution is 2.02. The maximum absolute atomic E-state index is 11.8. The number of likely N-dealkylation sites (N-methyl/N-ethyl adjacent to an activating group) is 1. The van der Waals surface area contributed by atoms with Crippen LogP contribution in [0.4, 0.5) is 0 Å². The molecule has 0 aliphatic rings. The van der Waals surface area contributed by atoms with E-state index in [4.69, 9.17) is 9.84 Å². The molecule has 1 heterocycles. The Hall–Kier alpha value is -2.31. The second-order valence-corrected chi connectivity index (χ2v) is 3.48. The van der Waals surface area contributed by atoms with E-state index in [0.29, 0.717) is 0 Å². The second-order valence-electron chi connectivity index (χ2n) is 3.48. The lowest BCUT2D eigenvalue weighted by atomic mass is 10.4. The minimum atomic E-state index is -0.987. The standard InChI is InChI=1S/C11H14N2O5/c1-12-9(14)7-18-8-3-2-5-13(11(8)17)6-4-10(15)16/h2-3,5H,4,6-7H2,1H3,(H,12,14)(H,15,16). The van der Waals surface area contributed by atoms with Crippen molar-refractivity contribution in [3.8, 4) is 5.75 Å². The van der Waals surface area contributed by atoms with Crippen molar-refractivity contribution in [2.24, 2.45) is 0 Å². The first kappa shape index (κ1) is 13.8. The third-order valence-electron chi connectivity index (χ3n) is 2.19. The third-order valence-corrected chi connectivity index (χ3v) is 2.19. The number of aliphatic carboxylic acids is 1. The molecule has 0 atom stereocenters. The number of hydrogen-bond acceptors (Lipinski definition) is 4. The van der Waals surface area contributed by atoms with Crippen molar-refractivity contribution < 1.29 is 19.4 Å². The van der Waals surface area contributed by atoms with E-state index in [1.54, 1.807) is 6.07 Å². The van der Waals surface area contributed by atoms with Gasteiger partial charge in [0.25, 0.3) is 11.5 Å². The van der Waals surface area contributed by atoms with Crippen LogP contribution in [-0.2, 0) is 16.1 Å². The summed E-state index contributed by atoms with van der Waals surface area (Å²) in [5, 5.41) is 10.9. The van der Waals surface area contributed by atoms with Crippen LogP contribution in [0.1, 0.15) is 6.42 Å². The van der Waals surface area contributed by atoms with Gasteiger partial charge in [0.05, 0.1) is 6.42 Å². The fourth-order valence-corrected chi connectivity index (χ4v) is 1.23. The van der Waals surface area contributed by atoms with Gasteiger partial charge in [0.2, 0.25) is 0 Å². The number of nitrogens with one attached hydrogen (secondary N) is 1. The van der Waals surface area contributed by atoms with Crippen LogP contribution in [-0.4, -0.2) is 35.2 Å². The van der Waals surface area contributed by atoms with Crippen molar-refractivity contribution in [1.82, 2.24) is 9.88 Å². The van der Waals surface area contributed by atoms with Gasteiger partial charge in [-0.05, 0) is 12.1 Å². The fourth-order valence-electron chi connectivity index (χ4n) is 1.23. The molecule has 0 saturated carbocycles. The first-order chi connectivity index (χ1) is 8.54. The number of ether oxygens (including phenoxy) is 1. The second kappa shape index (κ2) is 6.43. The first-order valence-electron chi connectivity index (χ1n) is 5.29. The summed E-state index contributed by atoms with van der Waals surface area (Å²) in [6.07, 6.45) is 1.32. The Morgan fingerprint density at radius 3 is 2.83 bits per heavy atom. The van der Waals surface area contributed by atoms with Gasteiger partial charge in [-0.15, -0.1) is 0 Å². The predicted octanol–water partition coefficient (Wildman–Crippen LogP) is -0.552. The van der Waals surface area contributed by atoms with E-state index in [2.05, 4.69) is 5.32 Å². The van der Waals surface area contributed by atoms with Crippen molar-refractivity contribution in [2.75, 3.05) is 13.7 Å². The highest BCUT2D eigenvalue weighted by Gasteiger charge is 2.07. The molecule has 2 N–H and O–H groups in total. The van der Waals surface area contributed by atoms with Crippen LogP contribution >= 0.6 is 0 Å². The summed E-state index contributed by atoms with van der Waals surface area (Å²) in [5.41, 5.74) is -0.456. The summed E-state index contributed by atoms with van der Waals surface area (Å²) < 4.78 is 6.27. The number of nitrogens with zero attached hydrogens (tertiary/aromatic N) is 1. The van der Waals surface area contributed by atoms with Crippen molar-refractivity contribution in [3.05, 3.63) is 28.7 Å². The van der Waals surface area contributed by atoms with Crippen LogP contribution in [0.5, 0.6) is 5.75 Å². The number of carbonyl (C=O) groups excluding carboxylic acids is 1. The van der Waals surface area contributed by atoms with Crippen LogP contribution in [0.25, 0.3) is 0 Å². The van der Waals surface area contributed by atoms with E-state index in [-0.39, 0.29) is 31.2 Å². The molecule has 7 heteroatoms. The minimum Gasteiger partial charge on any atom is -0.481 e. The number of amides is 1. The molecule has 1 amide bonds. The van der Waals surface area contributed by atoms with Gasteiger partial charge in [-0.25, -0.2) is 0 Å². The van der Waals surface area contributed by atoms with Crippen molar-refractivity contribution in [3.63, 3.8) is 0 Å². The molecule has 0 aliphatic carbocycles. The van der Waals surface area contributed by atoms with Gasteiger partial charge in [-0.2, -0.15) is 0 Å². The monoisotopic (exact) mass is 254 g/mol. The number of hydrogen-bond donors (Lipinski definition) is 2. The third kappa shape index (κ3) is 3.93. The van der Waals surface area contributed by atoms with Gasteiger partial charge in [0.15, 0.2) is 12.4 Å². The number of carboxylic acids is 1. The Balaban J connectivity index is 2.75. The Morgan fingerprint density at radius 2 is 2.22 bits per heavy atom. The molecule has 7 nitrogen and oxygen atoms in total. The zero-order chi connectivity index (χ0) is 13.5. The van der Waals surface area contributed by atoms with Crippen LogP contribution < -0.4 is 15.6 Å². The molecule has 0 aromatic carbocycles. The van der Waals surface area contributed by atoms with Crippen LogP contribution in [0.2, 0.25) is 0 Å². The van der Waals surface area contributed by atoms with Gasteiger partial charge in [0.1, 0.15) is 0 Å². The maximum atomic E-state index is 11.8. The predicted molar refractivity (Wildman–Crippen MR) is 62.5 cm³/mol. The minimum absolute atomic E-state index is 0.0199. The lowest BCUT2D eigenvalue weighted by molar-refractivity contribution is -0.137. The molecule has 1 rings (SSSR count). The number of carboxylic acid groups (broad SMARTS) is 1. The van der Waals surface area contributed by atoms with E-state index >= 15 is 0 Å². The van der Waals surface area contributed by atoms with E-state index in [9.17, 15) is 14.4 Å². The smallest absolute Gasteiger partial charge is 0.305 e.